The Labute approximate surface area is 101 Å². The Morgan fingerprint density at radius 2 is 1.94 bits per heavy atom. The third-order valence-electron chi connectivity index (χ3n) is 2.88. The van der Waals surface area contributed by atoms with E-state index in [2.05, 4.69) is 24.2 Å². The zero-order valence-corrected chi connectivity index (χ0v) is 10.2. The largest absolute Gasteiger partial charge is 0.298 e. The molecule has 17 heavy (non-hydrogen) atoms. The molecule has 0 radical (unpaired) electrons. The van der Waals surface area contributed by atoms with Crippen molar-refractivity contribution in [3.63, 3.8) is 0 Å². The number of hydrogen-bond donors (Lipinski definition) is 0. The number of nitrogens with zero attached hydrogens (tertiary/aromatic N) is 2. The maximum absolute atomic E-state index is 11.0. The van der Waals surface area contributed by atoms with Crippen molar-refractivity contribution in [3.05, 3.63) is 41.6 Å². The minimum absolute atomic E-state index is 0.649. The van der Waals surface area contributed by atoms with Gasteiger partial charge in [0, 0.05) is 18.3 Å². The zero-order chi connectivity index (χ0) is 12.3. The van der Waals surface area contributed by atoms with E-state index >= 15 is 0 Å². The molecule has 1 aromatic heterocycles. The predicted octanol–water partition coefficient (Wildman–Crippen LogP) is 2.94. The molecule has 3 nitrogen and oxygen atoms in total. The van der Waals surface area contributed by atoms with Crippen LogP contribution in [0.25, 0.3) is 11.3 Å². The Hall–Kier alpha value is -1.90. The van der Waals surface area contributed by atoms with Crippen LogP contribution in [0.15, 0.2) is 30.5 Å². The number of aldehydes is 1. The van der Waals surface area contributed by atoms with Gasteiger partial charge in [-0.15, -0.1) is 0 Å². The average molecular weight is 228 g/mol. The van der Waals surface area contributed by atoms with Gasteiger partial charge in [-0.1, -0.05) is 31.2 Å². The van der Waals surface area contributed by atoms with Gasteiger partial charge in [0.05, 0.1) is 5.56 Å². The monoisotopic (exact) mass is 228 g/mol. The fourth-order valence-corrected chi connectivity index (χ4v) is 1.81. The first kappa shape index (κ1) is 11.6. The van der Waals surface area contributed by atoms with Crippen LogP contribution in [-0.2, 0) is 13.0 Å². The summed E-state index contributed by atoms with van der Waals surface area (Å²) in [5.74, 6) is 0. The van der Waals surface area contributed by atoms with Crippen molar-refractivity contribution in [3.8, 4) is 11.3 Å². The fraction of sp³-hybridized carbons (Fsp3) is 0.286. The van der Waals surface area contributed by atoms with Gasteiger partial charge in [0.1, 0.15) is 5.69 Å². The van der Waals surface area contributed by atoms with Crippen molar-refractivity contribution in [1.29, 1.82) is 0 Å². The van der Waals surface area contributed by atoms with Gasteiger partial charge in [0.25, 0.3) is 0 Å². The summed E-state index contributed by atoms with van der Waals surface area (Å²) in [6, 6.07) is 8.20. The highest BCUT2D eigenvalue weighted by molar-refractivity contribution is 5.85. The predicted molar refractivity (Wildman–Crippen MR) is 68.1 cm³/mol. The first-order valence-electron chi connectivity index (χ1n) is 5.90. The summed E-state index contributed by atoms with van der Waals surface area (Å²) in [5, 5.41) is 4.41. The van der Waals surface area contributed by atoms with Crippen LogP contribution in [0, 0.1) is 0 Å². The van der Waals surface area contributed by atoms with Crippen molar-refractivity contribution < 1.29 is 4.79 Å². The number of aromatic nitrogens is 2. The van der Waals surface area contributed by atoms with Crippen LogP contribution in [-0.4, -0.2) is 16.1 Å². The molecule has 0 saturated carbocycles. The van der Waals surface area contributed by atoms with Crippen molar-refractivity contribution in [2.24, 2.45) is 0 Å². The summed E-state index contributed by atoms with van der Waals surface area (Å²) in [4.78, 5) is 11.0. The smallest absolute Gasteiger partial charge is 0.153 e. The van der Waals surface area contributed by atoms with E-state index < -0.39 is 0 Å². The van der Waals surface area contributed by atoms with E-state index in [0.717, 1.165) is 30.5 Å². The van der Waals surface area contributed by atoms with Gasteiger partial charge in [0.15, 0.2) is 6.29 Å². The second-order valence-electron chi connectivity index (χ2n) is 3.96. The molecular weight excluding hydrogens is 212 g/mol. The van der Waals surface area contributed by atoms with E-state index in [0.29, 0.717) is 5.56 Å². The lowest BCUT2D eigenvalue weighted by atomic mass is 10.1. The van der Waals surface area contributed by atoms with Crippen LogP contribution in [0.1, 0.15) is 29.8 Å². The lowest BCUT2D eigenvalue weighted by molar-refractivity contribution is 0.112. The number of carbonyl (C=O) groups excluding carboxylic acids is 1. The van der Waals surface area contributed by atoms with Crippen LogP contribution < -0.4 is 0 Å². The Bertz CT molecular complexity index is 512. The van der Waals surface area contributed by atoms with Crippen LogP contribution in [0.3, 0.4) is 0 Å². The van der Waals surface area contributed by atoms with E-state index in [1.165, 1.54) is 5.56 Å². The molecule has 1 aromatic carbocycles. The first-order valence-corrected chi connectivity index (χ1v) is 5.90. The van der Waals surface area contributed by atoms with Crippen molar-refractivity contribution >= 4 is 6.29 Å². The molecule has 0 amide bonds. The third kappa shape index (κ3) is 2.28. The molecule has 0 spiro atoms. The number of carbonyl (C=O) groups is 1. The highest BCUT2D eigenvalue weighted by atomic mass is 16.1. The molecule has 0 aliphatic rings. The van der Waals surface area contributed by atoms with Gasteiger partial charge in [0.2, 0.25) is 0 Å². The summed E-state index contributed by atoms with van der Waals surface area (Å²) in [6.45, 7) is 4.90. The highest BCUT2D eigenvalue weighted by Crippen LogP contribution is 2.21. The molecule has 1 heterocycles. The number of rotatable bonds is 4. The molecular formula is C14H16N2O. The van der Waals surface area contributed by atoms with Crippen LogP contribution in [0.2, 0.25) is 0 Å². The summed E-state index contributed by atoms with van der Waals surface area (Å²) in [7, 11) is 0. The van der Waals surface area contributed by atoms with Gasteiger partial charge in [-0.2, -0.15) is 5.10 Å². The Morgan fingerprint density at radius 3 is 2.47 bits per heavy atom. The van der Waals surface area contributed by atoms with E-state index in [4.69, 9.17) is 0 Å². The summed E-state index contributed by atoms with van der Waals surface area (Å²) in [5.41, 5.74) is 3.70. The fourth-order valence-electron chi connectivity index (χ4n) is 1.81. The normalized spacial score (nSPS) is 10.5. The molecule has 0 saturated heterocycles. The average Bonchev–Trinajstić information content (AvgIpc) is 2.82. The van der Waals surface area contributed by atoms with E-state index in [-0.39, 0.29) is 0 Å². The molecule has 3 heteroatoms. The molecule has 0 atom stereocenters. The molecule has 0 aliphatic heterocycles. The van der Waals surface area contributed by atoms with Gasteiger partial charge in [-0.25, -0.2) is 0 Å². The molecule has 0 aliphatic carbocycles. The zero-order valence-electron chi connectivity index (χ0n) is 10.2. The van der Waals surface area contributed by atoms with Crippen molar-refractivity contribution in [2.75, 3.05) is 0 Å². The summed E-state index contributed by atoms with van der Waals surface area (Å²) < 4.78 is 1.78. The third-order valence-corrected chi connectivity index (χ3v) is 2.88. The molecule has 0 N–H and O–H groups in total. The molecule has 0 bridgehead atoms. The standard InChI is InChI=1S/C14H16N2O/c1-3-11-5-7-12(8-6-11)14-13(10-17)9-16(4-2)15-14/h5-10H,3-4H2,1-2H3. The number of benzene rings is 1. The second-order valence-corrected chi connectivity index (χ2v) is 3.96. The lowest BCUT2D eigenvalue weighted by Gasteiger charge is -2.00. The molecule has 0 fully saturated rings. The second kappa shape index (κ2) is 4.95. The van der Waals surface area contributed by atoms with Crippen LogP contribution >= 0.6 is 0 Å². The maximum Gasteiger partial charge on any atom is 0.153 e. The Kier molecular flexibility index (Phi) is 3.38. The maximum atomic E-state index is 11.0. The molecule has 2 aromatic rings. The molecule has 88 valence electrons. The minimum atomic E-state index is 0.649. The quantitative estimate of drug-likeness (QED) is 0.754. The molecule has 0 unspecified atom stereocenters. The van der Waals surface area contributed by atoms with Crippen LogP contribution in [0.5, 0.6) is 0 Å². The summed E-state index contributed by atoms with van der Waals surface area (Å²) in [6.07, 6.45) is 3.67. The Balaban J connectivity index is 2.43. The number of hydrogen-bond acceptors (Lipinski definition) is 2. The topological polar surface area (TPSA) is 34.9 Å². The van der Waals surface area contributed by atoms with Gasteiger partial charge >= 0.3 is 0 Å². The first-order chi connectivity index (χ1) is 8.28. The van der Waals surface area contributed by atoms with E-state index in [1.807, 2.05) is 19.1 Å². The van der Waals surface area contributed by atoms with Crippen molar-refractivity contribution in [2.45, 2.75) is 26.8 Å². The van der Waals surface area contributed by atoms with E-state index in [9.17, 15) is 4.79 Å². The minimum Gasteiger partial charge on any atom is -0.298 e. The number of aryl methyl sites for hydroxylation is 2. The van der Waals surface area contributed by atoms with Crippen molar-refractivity contribution in [1.82, 2.24) is 9.78 Å². The van der Waals surface area contributed by atoms with Gasteiger partial charge in [-0.3, -0.25) is 9.48 Å². The van der Waals surface area contributed by atoms with Crippen LogP contribution in [0.4, 0.5) is 0 Å². The van der Waals surface area contributed by atoms with E-state index in [1.54, 1.807) is 10.9 Å². The van der Waals surface area contributed by atoms with Gasteiger partial charge < -0.3 is 0 Å². The lowest BCUT2D eigenvalue weighted by Crippen LogP contribution is -1.93. The summed E-state index contributed by atoms with van der Waals surface area (Å²) >= 11 is 0. The SMILES string of the molecule is CCc1ccc(-c2nn(CC)cc2C=O)cc1. The Morgan fingerprint density at radius 1 is 1.24 bits per heavy atom. The molecule has 2 rings (SSSR count). The van der Waals surface area contributed by atoms with Gasteiger partial charge in [-0.05, 0) is 18.9 Å². The highest BCUT2D eigenvalue weighted by Gasteiger charge is 2.09.